The molecule has 1 saturated heterocycles. The number of nitrogens with zero attached hydrogens (tertiary/aromatic N) is 2. The highest BCUT2D eigenvalue weighted by molar-refractivity contribution is 5.19. The summed E-state index contributed by atoms with van der Waals surface area (Å²) in [7, 11) is 4.54. The SMILES string of the molecule is CCCNCC(c1ccccc1)N(C)C1CCN(C)CC1. The Morgan fingerprint density at radius 3 is 2.52 bits per heavy atom. The predicted octanol–water partition coefficient (Wildman–Crippen LogP) is 2.75. The van der Waals surface area contributed by atoms with Crippen LogP contribution in [0.2, 0.25) is 0 Å². The molecule has 0 aliphatic carbocycles. The predicted molar refractivity (Wildman–Crippen MR) is 90.6 cm³/mol. The second kappa shape index (κ2) is 8.52. The fourth-order valence-corrected chi connectivity index (χ4v) is 3.24. The zero-order valence-corrected chi connectivity index (χ0v) is 13.9. The Morgan fingerprint density at radius 2 is 1.90 bits per heavy atom. The number of likely N-dealkylation sites (tertiary alicyclic amines) is 1. The summed E-state index contributed by atoms with van der Waals surface area (Å²) in [6, 6.07) is 12.1. The van der Waals surface area contributed by atoms with E-state index in [2.05, 4.69) is 66.5 Å². The second-order valence-corrected chi connectivity index (χ2v) is 6.33. The summed E-state index contributed by atoms with van der Waals surface area (Å²) in [5.41, 5.74) is 1.43. The minimum atomic E-state index is 0.478. The van der Waals surface area contributed by atoms with Crippen LogP contribution in [0.4, 0.5) is 0 Å². The van der Waals surface area contributed by atoms with E-state index in [0.717, 1.165) is 13.1 Å². The van der Waals surface area contributed by atoms with E-state index in [4.69, 9.17) is 0 Å². The monoisotopic (exact) mass is 289 g/mol. The average molecular weight is 289 g/mol. The third-order valence-corrected chi connectivity index (χ3v) is 4.70. The van der Waals surface area contributed by atoms with Gasteiger partial charge in [0.2, 0.25) is 0 Å². The summed E-state index contributed by atoms with van der Waals surface area (Å²) in [4.78, 5) is 5.04. The molecule has 1 unspecified atom stereocenters. The van der Waals surface area contributed by atoms with E-state index in [9.17, 15) is 0 Å². The van der Waals surface area contributed by atoms with Crippen LogP contribution in [0.15, 0.2) is 30.3 Å². The minimum Gasteiger partial charge on any atom is -0.315 e. The van der Waals surface area contributed by atoms with Crippen LogP contribution >= 0.6 is 0 Å². The molecular weight excluding hydrogens is 258 g/mol. The first kappa shape index (κ1) is 16.5. The molecule has 118 valence electrons. The zero-order valence-electron chi connectivity index (χ0n) is 13.9. The number of rotatable bonds is 7. The van der Waals surface area contributed by atoms with Crippen molar-refractivity contribution in [3.05, 3.63) is 35.9 Å². The van der Waals surface area contributed by atoms with Crippen molar-refractivity contribution in [2.75, 3.05) is 40.3 Å². The van der Waals surface area contributed by atoms with Crippen molar-refractivity contribution in [3.63, 3.8) is 0 Å². The fourth-order valence-electron chi connectivity index (χ4n) is 3.24. The van der Waals surface area contributed by atoms with Crippen LogP contribution in [0.3, 0.4) is 0 Å². The van der Waals surface area contributed by atoms with Gasteiger partial charge in [0, 0.05) is 18.6 Å². The maximum atomic E-state index is 3.61. The first-order valence-electron chi connectivity index (χ1n) is 8.38. The average Bonchev–Trinajstić information content (AvgIpc) is 2.53. The van der Waals surface area contributed by atoms with Gasteiger partial charge < -0.3 is 10.2 Å². The molecule has 1 aromatic rings. The number of hydrogen-bond acceptors (Lipinski definition) is 3. The van der Waals surface area contributed by atoms with Crippen LogP contribution in [0, 0.1) is 0 Å². The molecule has 0 saturated carbocycles. The van der Waals surface area contributed by atoms with Crippen LogP contribution in [0.25, 0.3) is 0 Å². The normalized spacial score (nSPS) is 19.0. The highest BCUT2D eigenvalue weighted by atomic mass is 15.2. The molecule has 0 radical (unpaired) electrons. The van der Waals surface area contributed by atoms with Gasteiger partial charge in [-0.2, -0.15) is 0 Å². The van der Waals surface area contributed by atoms with Gasteiger partial charge in [-0.05, 0) is 58.6 Å². The van der Waals surface area contributed by atoms with E-state index < -0.39 is 0 Å². The maximum absolute atomic E-state index is 3.61. The molecule has 1 heterocycles. The van der Waals surface area contributed by atoms with Gasteiger partial charge in [0.1, 0.15) is 0 Å². The van der Waals surface area contributed by atoms with Crippen LogP contribution in [-0.2, 0) is 0 Å². The number of hydrogen-bond donors (Lipinski definition) is 1. The molecule has 0 aromatic heterocycles. The maximum Gasteiger partial charge on any atom is 0.0472 e. The molecule has 0 amide bonds. The van der Waals surface area contributed by atoms with Crippen molar-refractivity contribution >= 4 is 0 Å². The Labute approximate surface area is 130 Å². The molecule has 1 fully saturated rings. The molecule has 1 atom stereocenters. The van der Waals surface area contributed by atoms with E-state index in [1.807, 2.05) is 0 Å². The topological polar surface area (TPSA) is 18.5 Å². The Bertz CT molecular complexity index is 385. The van der Waals surface area contributed by atoms with Crippen LogP contribution in [-0.4, -0.2) is 56.1 Å². The Hall–Kier alpha value is -0.900. The quantitative estimate of drug-likeness (QED) is 0.779. The molecule has 3 nitrogen and oxygen atoms in total. The number of benzene rings is 1. The lowest BCUT2D eigenvalue weighted by Gasteiger charge is -2.39. The van der Waals surface area contributed by atoms with Gasteiger partial charge in [-0.1, -0.05) is 37.3 Å². The Morgan fingerprint density at radius 1 is 1.24 bits per heavy atom. The lowest BCUT2D eigenvalue weighted by atomic mass is 9.98. The first-order valence-corrected chi connectivity index (χ1v) is 8.38. The molecule has 2 rings (SSSR count). The van der Waals surface area contributed by atoms with Crippen molar-refractivity contribution < 1.29 is 0 Å². The summed E-state index contributed by atoms with van der Waals surface area (Å²) < 4.78 is 0. The molecule has 0 spiro atoms. The van der Waals surface area contributed by atoms with Gasteiger partial charge in [0.15, 0.2) is 0 Å². The summed E-state index contributed by atoms with van der Waals surface area (Å²) in [5, 5.41) is 3.61. The molecule has 1 aliphatic heterocycles. The molecule has 3 heteroatoms. The van der Waals surface area contributed by atoms with E-state index in [1.54, 1.807) is 0 Å². The van der Waals surface area contributed by atoms with Crippen molar-refractivity contribution in [1.82, 2.24) is 15.1 Å². The van der Waals surface area contributed by atoms with Crippen LogP contribution < -0.4 is 5.32 Å². The highest BCUT2D eigenvalue weighted by Gasteiger charge is 2.26. The lowest BCUT2D eigenvalue weighted by molar-refractivity contribution is 0.106. The van der Waals surface area contributed by atoms with E-state index in [0.29, 0.717) is 12.1 Å². The van der Waals surface area contributed by atoms with Crippen LogP contribution in [0.5, 0.6) is 0 Å². The van der Waals surface area contributed by atoms with Gasteiger partial charge in [-0.25, -0.2) is 0 Å². The Balaban J connectivity index is 2.03. The number of nitrogens with one attached hydrogen (secondary N) is 1. The van der Waals surface area contributed by atoms with Crippen molar-refractivity contribution in [1.29, 1.82) is 0 Å². The smallest absolute Gasteiger partial charge is 0.0472 e. The molecular formula is C18H31N3. The minimum absolute atomic E-state index is 0.478. The third kappa shape index (κ3) is 4.80. The van der Waals surface area contributed by atoms with Crippen LogP contribution in [0.1, 0.15) is 37.8 Å². The molecule has 21 heavy (non-hydrogen) atoms. The Kier molecular flexibility index (Phi) is 6.68. The highest BCUT2D eigenvalue weighted by Crippen LogP contribution is 2.25. The molecule has 1 aliphatic rings. The molecule has 1 aromatic carbocycles. The summed E-state index contributed by atoms with van der Waals surface area (Å²) in [6.45, 7) is 6.81. The summed E-state index contributed by atoms with van der Waals surface area (Å²) in [5.74, 6) is 0. The van der Waals surface area contributed by atoms with Gasteiger partial charge in [-0.3, -0.25) is 4.90 Å². The van der Waals surface area contributed by atoms with Gasteiger partial charge >= 0.3 is 0 Å². The van der Waals surface area contributed by atoms with Crippen molar-refractivity contribution in [2.45, 2.75) is 38.3 Å². The number of piperidine rings is 1. The molecule has 1 N–H and O–H groups in total. The van der Waals surface area contributed by atoms with Crippen molar-refractivity contribution in [3.8, 4) is 0 Å². The van der Waals surface area contributed by atoms with Gasteiger partial charge in [-0.15, -0.1) is 0 Å². The number of likely N-dealkylation sites (N-methyl/N-ethyl adjacent to an activating group) is 1. The van der Waals surface area contributed by atoms with Crippen molar-refractivity contribution in [2.24, 2.45) is 0 Å². The fraction of sp³-hybridized carbons (Fsp3) is 0.667. The summed E-state index contributed by atoms with van der Waals surface area (Å²) >= 11 is 0. The lowest BCUT2D eigenvalue weighted by Crippen LogP contribution is -2.45. The standard InChI is InChI=1S/C18H31N3/c1-4-12-19-15-18(16-8-6-5-7-9-16)21(3)17-10-13-20(2)14-11-17/h5-9,17-19H,4,10-15H2,1-3H3. The third-order valence-electron chi connectivity index (χ3n) is 4.70. The van der Waals surface area contributed by atoms with E-state index >= 15 is 0 Å². The summed E-state index contributed by atoms with van der Waals surface area (Å²) in [6.07, 6.45) is 3.76. The first-order chi connectivity index (χ1) is 10.2. The largest absolute Gasteiger partial charge is 0.315 e. The van der Waals surface area contributed by atoms with Gasteiger partial charge in [0.05, 0.1) is 0 Å². The van der Waals surface area contributed by atoms with Gasteiger partial charge in [0.25, 0.3) is 0 Å². The van der Waals surface area contributed by atoms with E-state index in [-0.39, 0.29) is 0 Å². The molecule has 0 bridgehead atoms. The second-order valence-electron chi connectivity index (χ2n) is 6.33. The van der Waals surface area contributed by atoms with E-state index in [1.165, 1.54) is 37.9 Å². The zero-order chi connectivity index (χ0) is 15.1.